The highest BCUT2D eigenvalue weighted by atomic mass is 35.5. The first-order valence-electron chi connectivity index (χ1n) is 11.8. The Morgan fingerprint density at radius 2 is 1.71 bits per heavy atom. The molecule has 38 heavy (non-hydrogen) atoms. The van der Waals surface area contributed by atoms with Crippen molar-refractivity contribution < 1.29 is 31.9 Å². The van der Waals surface area contributed by atoms with Crippen molar-refractivity contribution in [3.05, 3.63) is 94.4 Å². The van der Waals surface area contributed by atoms with E-state index in [0.717, 1.165) is 28.7 Å². The van der Waals surface area contributed by atoms with Crippen molar-refractivity contribution in [2.24, 2.45) is 0 Å². The van der Waals surface area contributed by atoms with E-state index in [4.69, 9.17) is 16.3 Å². The number of ether oxygens (including phenoxy) is 1. The fourth-order valence-electron chi connectivity index (χ4n) is 4.89. The van der Waals surface area contributed by atoms with Gasteiger partial charge >= 0.3 is 6.18 Å². The van der Waals surface area contributed by atoms with Crippen molar-refractivity contribution in [2.75, 3.05) is 11.4 Å². The maximum Gasteiger partial charge on any atom is 0.416 e. The smallest absolute Gasteiger partial charge is 0.373 e. The maximum absolute atomic E-state index is 14.7. The molecule has 2 heterocycles. The second-order valence-corrected chi connectivity index (χ2v) is 9.82. The quantitative estimate of drug-likeness (QED) is 0.388. The van der Waals surface area contributed by atoms with Crippen LogP contribution < -0.4 is 4.90 Å². The van der Waals surface area contributed by atoms with Crippen molar-refractivity contribution in [2.45, 2.75) is 43.8 Å². The van der Waals surface area contributed by atoms with Crippen LogP contribution in [0.1, 0.15) is 29.5 Å². The van der Waals surface area contributed by atoms with E-state index in [0.29, 0.717) is 12.2 Å². The number of anilines is 1. The van der Waals surface area contributed by atoms with Gasteiger partial charge in [0.05, 0.1) is 23.3 Å². The SMILES string of the molecule is O=C1CN(c2ncc(Cl)cc2F)C(=O)C2(CC(OCc3ccccc3)C2)N1Cc1ccc(C(F)(F)F)cc1. The molecule has 0 bridgehead atoms. The minimum atomic E-state index is -4.50. The fraction of sp³-hybridized carbons (Fsp3) is 0.296. The van der Waals surface area contributed by atoms with Gasteiger partial charge in [-0.3, -0.25) is 14.5 Å². The van der Waals surface area contributed by atoms with E-state index in [1.54, 1.807) is 0 Å². The van der Waals surface area contributed by atoms with E-state index >= 15 is 0 Å². The van der Waals surface area contributed by atoms with Gasteiger partial charge in [0.1, 0.15) is 12.1 Å². The number of hydrogen-bond acceptors (Lipinski definition) is 4. The molecule has 2 aromatic carbocycles. The zero-order chi connectivity index (χ0) is 27.1. The van der Waals surface area contributed by atoms with Gasteiger partial charge in [-0.1, -0.05) is 54.1 Å². The molecule has 6 nitrogen and oxygen atoms in total. The summed E-state index contributed by atoms with van der Waals surface area (Å²) < 4.78 is 59.7. The first-order chi connectivity index (χ1) is 18.1. The number of pyridine rings is 1. The lowest BCUT2D eigenvalue weighted by molar-refractivity contribution is -0.172. The molecule has 1 saturated heterocycles. The van der Waals surface area contributed by atoms with E-state index in [1.165, 1.54) is 23.2 Å². The summed E-state index contributed by atoms with van der Waals surface area (Å²) >= 11 is 5.80. The minimum Gasteiger partial charge on any atom is -0.373 e. The number of halogens is 5. The fourth-order valence-corrected chi connectivity index (χ4v) is 5.04. The van der Waals surface area contributed by atoms with Gasteiger partial charge in [-0.25, -0.2) is 9.37 Å². The Labute approximate surface area is 220 Å². The molecular formula is C27H22ClF4N3O3. The molecule has 0 unspecified atom stereocenters. The van der Waals surface area contributed by atoms with Crippen LogP contribution in [0.5, 0.6) is 0 Å². The van der Waals surface area contributed by atoms with Gasteiger partial charge in [-0.2, -0.15) is 13.2 Å². The summed E-state index contributed by atoms with van der Waals surface area (Å²) in [5.74, 6) is -2.17. The third kappa shape index (κ3) is 4.98. The third-order valence-electron chi connectivity index (χ3n) is 6.88. The minimum absolute atomic E-state index is 0.0405. The van der Waals surface area contributed by atoms with Gasteiger partial charge in [0, 0.05) is 25.6 Å². The Balaban J connectivity index is 1.41. The number of carbonyl (C=O) groups is 2. The van der Waals surface area contributed by atoms with Crippen molar-refractivity contribution >= 4 is 29.2 Å². The van der Waals surface area contributed by atoms with Crippen LogP contribution >= 0.6 is 11.6 Å². The van der Waals surface area contributed by atoms with Crippen LogP contribution in [-0.4, -0.2) is 39.9 Å². The van der Waals surface area contributed by atoms with Gasteiger partial charge in [0.25, 0.3) is 5.91 Å². The lowest BCUT2D eigenvalue weighted by Gasteiger charge is -2.56. The van der Waals surface area contributed by atoms with Gasteiger partial charge in [0.2, 0.25) is 5.91 Å². The molecule has 0 N–H and O–H groups in total. The number of aromatic nitrogens is 1. The highest BCUT2D eigenvalue weighted by molar-refractivity contribution is 6.30. The monoisotopic (exact) mass is 547 g/mol. The predicted molar refractivity (Wildman–Crippen MR) is 131 cm³/mol. The second-order valence-electron chi connectivity index (χ2n) is 9.38. The van der Waals surface area contributed by atoms with Crippen LogP contribution in [0.15, 0.2) is 66.9 Å². The Morgan fingerprint density at radius 1 is 1.03 bits per heavy atom. The van der Waals surface area contributed by atoms with Gasteiger partial charge < -0.3 is 9.64 Å². The van der Waals surface area contributed by atoms with Gasteiger partial charge in [0.15, 0.2) is 11.6 Å². The van der Waals surface area contributed by atoms with Crippen LogP contribution in [-0.2, 0) is 33.7 Å². The summed E-state index contributed by atoms with van der Waals surface area (Å²) in [6.45, 7) is -0.249. The van der Waals surface area contributed by atoms with Crippen LogP contribution in [0.25, 0.3) is 0 Å². The summed E-state index contributed by atoms with van der Waals surface area (Å²) in [7, 11) is 0. The summed E-state index contributed by atoms with van der Waals surface area (Å²) in [6, 6.07) is 14.9. The average Bonchev–Trinajstić information content (AvgIpc) is 2.85. The number of rotatable bonds is 6. The zero-order valence-electron chi connectivity index (χ0n) is 19.9. The van der Waals surface area contributed by atoms with Crippen LogP contribution in [0.2, 0.25) is 5.02 Å². The molecule has 5 rings (SSSR count). The van der Waals surface area contributed by atoms with Crippen molar-refractivity contribution in [1.82, 2.24) is 9.88 Å². The molecule has 2 fully saturated rings. The van der Waals surface area contributed by atoms with E-state index in [-0.39, 0.29) is 36.3 Å². The largest absolute Gasteiger partial charge is 0.416 e. The first kappa shape index (κ1) is 26.1. The molecule has 3 aromatic rings. The summed E-state index contributed by atoms with van der Waals surface area (Å²) in [4.78, 5) is 33.5. The van der Waals surface area contributed by atoms with Gasteiger partial charge in [-0.15, -0.1) is 0 Å². The standard InChI is InChI=1S/C27H22ClF4N3O3/c28-20-10-22(29)24(33-13-20)34-15-23(36)35(14-17-6-8-19(9-7-17)27(30,31)32)26(25(34)37)11-21(12-26)38-16-18-4-2-1-3-5-18/h1-10,13,21H,11-12,14-16H2. The molecule has 1 spiro atoms. The van der Waals surface area contributed by atoms with E-state index in [2.05, 4.69) is 4.98 Å². The van der Waals surface area contributed by atoms with E-state index in [9.17, 15) is 27.2 Å². The Kier molecular flexibility index (Phi) is 6.87. The zero-order valence-corrected chi connectivity index (χ0v) is 20.7. The number of amides is 2. The molecule has 0 radical (unpaired) electrons. The van der Waals surface area contributed by atoms with Crippen LogP contribution in [0.3, 0.4) is 0 Å². The molecule has 1 aliphatic carbocycles. The lowest BCUT2D eigenvalue weighted by Crippen LogP contribution is -2.74. The maximum atomic E-state index is 14.7. The molecule has 198 valence electrons. The number of piperazine rings is 1. The summed E-state index contributed by atoms with van der Waals surface area (Å²) in [6.07, 6.45) is -3.37. The third-order valence-corrected chi connectivity index (χ3v) is 7.09. The molecule has 11 heteroatoms. The molecule has 2 amide bonds. The summed E-state index contributed by atoms with van der Waals surface area (Å²) in [5.41, 5.74) is -0.801. The Hall–Kier alpha value is -3.50. The van der Waals surface area contributed by atoms with Crippen LogP contribution in [0, 0.1) is 5.82 Å². The first-order valence-corrected chi connectivity index (χ1v) is 12.2. The topological polar surface area (TPSA) is 62.7 Å². The Morgan fingerprint density at radius 3 is 2.34 bits per heavy atom. The average molecular weight is 548 g/mol. The molecule has 2 aliphatic rings. The highest BCUT2D eigenvalue weighted by Gasteiger charge is 2.61. The second kappa shape index (κ2) is 9.99. The molecule has 0 atom stereocenters. The highest BCUT2D eigenvalue weighted by Crippen LogP contribution is 2.45. The van der Waals surface area contributed by atoms with Crippen molar-refractivity contribution in [3.8, 4) is 0 Å². The molecule has 1 aliphatic heterocycles. The van der Waals surface area contributed by atoms with Crippen LogP contribution in [0.4, 0.5) is 23.4 Å². The predicted octanol–water partition coefficient (Wildman–Crippen LogP) is 5.39. The number of benzene rings is 2. The normalized spacial score (nSPS) is 21.7. The number of nitrogens with zero attached hydrogens (tertiary/aromatic N) is 3. The number of hydrogen-bond donors (Lipinski definition) is 0. The number of alkyl halides is 3. The molecular weight excluding hydrogens is 526 g/mol. The van der Waals surface area contributed by atoms with Gasteiger partial charge in [-0.05, 0) is 29.3 Å². The molecule has 1 aromatic heterocycles. The van der Waals surface area contributed by atoms with E-state index in [1.807, 2.05) is 30.3 Å². The molecule has 1 saturated carbocycles. The van der Waals surface area contributed by atoms with Crippen molar-refractivity contribution in [3.63, 3.8) is 0 Å². The lowest BCUT2D eigenvalue weighted by atomic mass is 9.70. The van der Waals surface area contributed by atoms with Crippen molar-refractivity contribution in [1.29, 1.82) is 0 Å². The summed E-state index contributed by atoms with van der Waals surface area (Å²) in [5, 5.41) is 0.0405. The Bertz CT molecular complexity index is 1350. The number of carbonyl (C=O) groups excluding carboxylic acids is 2. The van der Waals surface area contributed by atoms with E-state index < -0.39 is 41.5 Å².